The molecular formula is C28H21FN2O4S. The van der Waals surface area contributed by atoms with Gasteiger partial charge in [0.25, 0.3) is 0 Å². The molecule has 36 heavy (non-hydrogen) atoms. The van der Waals surface area contributed by atoms with Gasteiger partial charge in [-0.3, -0.25) is 4.79 Å². The molecule has 0 atom stereocenters. The van der Waals surface area contributed by atoms with E-state index in [0.717, 1.165) is 35.8 Å². The van der Waals surface area contributed by atoms with E-state index in [-0.39, 0.29) is 11.5 Å². The molecule has 180 valence electrons. The van der Waals surface area contributed by atoms with Crippen LogP contribution in [0, 0.1) is 12.3 Å². The third kappa shape index (κ3) is 3.31. The lowest BCUT2D eigenvalue weighted by Gasteiger charge is -2.31. The fraction of sp³-hybridized carbons (Fsp3) is 0.179. The van der Waals surface area contributed by atoms with Crippen LogP contribution in [-0.2, 0) is 10.2 Å². The van der Waals surface area contributed by atoms with Crippen LogP contribution in [0.25, 0.3) is 44.0 Å². The monoisotopic (exact) mass is 500 g/mol. The highest BCUT2D eigenvalue weighted by atomic mass is 32.3. The first-order valence-electron chi connectivity index (χ1n) is 11.5. The lowest BCUT2D eigenvalue weighted by Crippen LogP contribution is -2.21. The summed E-state index contributed by atoms with van der Waals surface area (Å²) < 4.78 is 44.6. The lowest BCUT2D eigenvalue weighted by atomic mass is 9.91. The Morgan fingerprint density at radius 2 is 1.92 bits per heavy atom. The fourth-order valence-corrected chi connectivity index (χ4v) is 5.63. The highest BCUT2D eigenvalue weighted by molar-refractivity contribution is 7.86. The fourth-order valence-electron chi connectivity index (χ4n) is 5.12. The maximum Gasteiger partial charge on any atom is 0.332 e. The minimum Gasteiger partial charge on any atom is -0.496 e. The van der Waals surface area contributed by atoms with E-state index in [2.05, 4.69) is 15.5 Å². The molecule has 1 N–H and O–H groups in total. The number of rotatable bonds is 4. The Labute approximate surface area is 206 Å². The number of aromatic nitrogens is 2. The molecule has 0 spiro atoms. The van der Waals surface area contributed by atoms with Gasteiger partial charge in [-0.1, -0.05) is 24.1 Å². The quantitative estimate of drug-likeness (QED) is 0.254. The zero-order chi connectivity index (χ0) is 25.2. The van der Waals surface area contributed by atoms with Crippen molar-refractivity contribution >= 4 is 43.1 Å². The smallest absolute Gasteiger partial charge is 0.332 e. The zero-order valence-electron chi connectivity index (χ0n) is 19.3. The van der Waals surface area contributed by atoms with E-state index >= 15 is 0 Å². The average Bonchev–Trinajstić information content (AvgIpc) is 3.22. The Kier molecular flexibility index (Phi) is 4.95. The summed E-state index contributed by atoms with van der Waals surface area (Å²) in [5.41, 5.74) is 3.81. The molecule has 8 heteroatoms. The van der Waals surface area contributed by atoms with Gasteiger partial charge in [0.1, 0.15) is 11.4 Å². The standard InChI is InChI=1S/C28H21FN2O4S/c1-3-16-10-11-20-23(12-16)30-28-26(20)27(32)22-15-25(35-2)21(14-24(22)31(28)18-7-5-8-18)17-6-4-9-19(13-17)36(29,33)34/h1,4,6,9-15,18,30H,5,7-8H2,2H3. The van der Waals surface area contributed by atoms with Crippen molar-refractivity contribution in [2.24, 2.45) is 0 Å². The van der Waals surface area contributed by atoms with Gasteiger partial charge in [-0.25, -0.2) is 0 Å². The molecule has 1 saturated carbocycles. The molecule has 6 nitrogen and oxygen atoms in total. The van der Waals surface area contributed by atoms with E-state index in [1.807, 2.05) is 24.3 Å². The van der Waals surface area contributed by atoms with Gasteiger partial charge in [-0.2, -0.15) is 8.42 Å². The van der Waals surface area contributed by atoms with Crippen LogP contribution in [0.5, 0.6) is 5.75 Å². The number of terminal acetylenes is 1. The maximum absolute atomic E-state index is 13.8. The van der Waals surface area contributed by atoms with Crippen molar-refractivity contribution in [3.8, 4) is 29.2 Å². The predicted molar refractivity (Wildman–Crippen MR) is 139 cm³/mol. The van der Waals surface area contributed by atoms with Crippen LogP contribution < -0.4 is 10.2 Å². The van der Waals surface area contributed by atoms with Crippen LogP contribution in [0.2, 0.25) is 0 Å². The molecule has 2 aromatic heterocycles. The summed E-state index contributed by atoms with van der Waals surface area (Å²) in [5, 5.41) is 1.88. The van der Waals surface area contributed by atoms with Crippen LogP contribution in [-0.4, -0.2) is 25.1 Å². The molecular weight excluding hydrogens is 479 g/mol. The number of H-pyrrole nitrogens is 1. The molecule has 1 aliphatic rings. The summed E-state index contributed by atoms with van der Waals surface area (Å²) >= 11 is 0. The first kappa shape index (κ1) is 22.4. The van der Waals surface area contributed by atoms with Crippen LogP contribution in [0.1, 0.15) is 30.9 Å². The molecule has 0 aliphatic heterocycles. The SMILES string of the molecule is C#Cc1ccc2c(c1)[nH]c1c2c(=O)c2cc(OC)c(-c3cccc(S(=O)(=O)F)c3)cc2n1C1CCC1. The summed E-state index contributed by atoms with van der Waals surface area (Å²) in [6, 6.07) is 14.9. The Bertz CT molecular complexity index is 1930. The summed E-state index contributed by atoms with van der Waals surface area (Å²) in [6.45, 7) is 0. The van der Waals surface area contributed by atoms with E-state index in [9.17, 15) is 17.1 Å². The summed E-state index contributed by atoms with van der Waals surface area (Å²) in [6.07, 6.45) is 8.61. The highest BCUT2D eigenvalue weighted by Gasteiger charge is 2.27. The third-order valence-corrected chi connectivity index (χ3v) is 7.92. The second-order valence-corrected chi connectivity index (χ2v) is 10.4. The topological polar surface area (TPSA) is 81.2 Å². The Morgan fingerprint density at radius 1 is 1.11 bits per heavy atom. The molecule has 1 aliphatic carbocycles. The second kappa shape index (κ2) is 7.97. The van der Waals surface area contributed by atoms with Crippen molar-refractivity contribution in [2.75, 3.05) is 7.11 Å². The third-order valence-electron chi connectivity index (χ3n) is 7.10. The molecule has 0 saturated heterocycles. The maximum atomic E-state index is 13.8. The number of fused-ring (bicyclic) bond motifs is 4. The minimum absolute atomic E-state index is 0.139. The number of benzene rings is 3. The van der Waals surface area contributed by atoms with E-state index in [1.165, 1.54) is 25.3 Å². The zero-order valence-corrected chi connectivity index (χ0v) is 20.2. The Hall–Kier alpha value is -4.09. The first-order valence-corrected chi connectivity index (χ1v) is 12.9. The number of nitrogens with zero attached hydrogens (tertiary/aromatic N) is 1. The lowest BCUT2D eigenvalue weighted by molar-refractivity contribution is 0.327. The average molecular weight is 501 g/mol. The largest absolute Gasteiger partial charge is 0.496 e. The number of pyridine rings is 1. The molecule has 3 aromatic carbocycles. The van der Waals surface area contributed by atoms with Crippen LogP contribution >= 0.6 is 0 Å². The first-order chi connectivity index (χ1) is 17.3. The van der Waals surface area contributed by atoms with Crippen LogP contribution in [0.15, 0.2) is 64.3 Å². The summed E-state index contributed by atoms with van der Waals surface area (Å²) in [7, 11) is -3.40. The molecule has 0 bridgehead atoms. The van der Waals surface area contributed by atoms with E-state index in [1.54, 1.807) is 12.1 Å². The van der Waals surface area contributed by atoms with Gasteiger partial charge >= 0.3 is 10.2 Å². The number of halogens is 1. The molecule has 0 radical (unpaired) electrons. The Balaban J connectivity index is 1.74. The van der Waals surface area contributed by atoms with Gasteiger partial charge in [-0.05, 0) is 61.2 Å². The summed E-state index contributed by atoms with van der Waals surface area (Å²) in [4.78, 5) is 16.8. The molecule has 0 unspecified atom stereocenters. The Morgan fingerprint density at radius 3 is 2.58 bits per heavy atom. The van der Waals surface area contributed by atoms with E-state index in [4.69, 9.17) is 11.2 Å². The molecule has 1 fully saturated rings. The van der Waals surface area contributed by atoms with Crippen LogP contribution in [0.3, 0.4) is 0 Å². The highest BCUT2D eigenvalue weighted by Crippen LogP contribution is 2.41. The van der Waals surface area contributed by atoms with Gasteiger partial charge in [-0.15, -0.1) is 10.3 Å². The van der Waals surface area contributed by atoms with Gasteiger partial charge in [0.15, 0.2) is 5.43 Å². The van der Waals surface area contributed by atoms with Gasteiger partial charge in [0, 0.05) is 28.1 Å². The molecule has 5 aromatic rings. The van der Waals surface area contributed by atoms with Gasteiger partial charge in [0.2, 0.25) is 0 Å². The van der Waals surface area contributed by atoms with Gasteiger partial charge in [0.05, 0.1) is 28.3 Å². The normalized spacial score (nSPS) is 14.2. The molecule has 2 heterocycles. The molecule has 6 rings (SSSR count). The van der Waals surface area contributed by atoms with Gasteiger partial charge < -0.3 is 14.3 Å². The molecule has 0 amide bonds. The number of methoxy groups -OCH3 is 1. The van der Waals surface area contributed by atoms with Crippen molar-refractivity contribution in [2.45, 2.75) is 30.2 Å². The van der Waals surface area contributed by atoms with Crippen molar-refractivity contribution in [3.05, 3.63) is 70.4 Å². The van der Waals surface area contributed by atoms with E-state index < -0.39 is 15.1 Å². The van der Waals surface area contributed by atoms with Crippen molar-refractivity contribution in [1.82, 2.24) is 9.55 Å². The van der Waals surface area contributed by atoms with Crippen molar-refractivity contribution in [1.29, 1.82) is 0 Å². The number of nitrogens with one attached hydrogen (secondary N) is 1. The van der Waals surface area contributed by atoms with Crippen LogP contribution in [0.4, 0.5) is 3.89 Å². The van der Waals surface area contributed by atoms with E-state index in [0.29, 0.717) is 38.7 Å². The number of hydrogen-bond acceptors (Lipinski definition) is 4. The number of aromatic amines is 1. The predicted octanol–water partition coefficient (Wildman–Crippen LogP) is 5.68. The van der Waals surface area contributed by atoms with Crippen molar-refractivity contribution in [3.63, 3.8) is 0 Å². The number of ether oxygens (including phenoxy) is 1. The summed E-state index contributed by atoms with van der Waals surface area (Å²) in [5.74, 6) is 3.03. The second-order valence-electron chi connectivity index (χ2n) is 9.07. The number of hydrogen-bond donors (Lipinski definition) is 1. The minimum atomic E-state index is -4.88. The van der Waals surface area contributed by atoms with Crippen molar-refractivity contribution < 1.29 is 17.0 Å².